The van der Waals surface area contributed by atoms with Gasteiger partial charge in [0.1, 0.15) is 12.4 Å². The molecule has 0 spiro atoms. The highest BCUT2D eigenvalue weighted by molar-refractivity contribution is 9.10. The second-order valence-corrected chi connectivity index (χ2v) is 6.72. The smallest absolute Gasteiger partial charge is 0.134 e. The first kappa shape index (κ1) is 20.5. The van der Waals surface area contributed by atoms with Crippen LogP contribution in [-0.4, -0.2) is 16.1 Å². The van der Waals surface area contributed by atoms with E-state index >= 15 is 0 Å². The van der Waals surface area contributed by atoms with Gasteiger partial charge in [-0.15, -0.1) is 12.4 Å². The normalized spacial score (nSPS) is 10.3. The molecular formula is C20H23BrClN3O. The summed E-state index contributed by atoms with van der Waals surface area (Å²) in [6.07, 6.45) is 6.73. The van der Waals surface area contributed by atoms with Gasteiger partial charge in [0.25, 0.3) is 0 Å². The van der Waals surface area contributed by atoms with Crippen LogP contribution in [0.5, 0.6) is 5.75 Å². The largest absolute Gasteiger partial charge is 0.488 e. The summed E-state index contributed by atoms with van der Waals surface area (Å²) in [5.41, 5.74) is 2.40. The number of benzene rings is 2. The second-order valence-electron chi connectivity index (χ2n) is 5.87. The van der Waals surface area contributed by atoms with Crippen molar-refractivity contribution in [2.45, 2.75) is 26.1 Å². The molecule has 0 aliphatic carbocycles. The first-order valence-electron chi connectivity index (χ1n) is 8.43. The van der Waals surface area contributed by atoms with E-state index in [4.69, 9.17) is 4.74 Å². The van der Waals surface area contributed by atoms with E-state index in [0.29, 0.717) is 6.61 Å². The van der Waals surface area contributed by atoms with Crippen molar-refractivity contribution < 1.29 is 4.74 Å². The van der Waals surface area contributed by atoms with Crippen molar-refractivity contribution in [2.24, 2.45) is 0 Å². The summed E-state index contributed by atoms with van der Waals surface area (Å²) in [6, 6.07) is 16.4. The molecule has 1 aromatic heterocycles. The van der Waals surface area contributed by atoms with E-state index in [1.165, 1.54) is 5.56 Å². The number of halogens is 2. The molecule has 6 heteroatoms. The molecule has 138 valence electrons. The van der Waals surface area contributed by atoms with Gasteiger partial charge in [-0.1, -0.05) is 36.4 Å². The Kier molecular flexibility index (Phi) is 8.68. The van der Waals surface area contributed by atoms with E-state index < -0.39 is 0 Å². The van der Waals surface area contributed by atoms with Gasteiger partial charge in [0.05, 0.1) is 10.8 Å². The molecular weight excluding hydrogens is 414 g/mol. The molecule has 0 unspecified atom stereocenters. The molecule has 0 radical (unpaired) electrons. The van der Waals surface area contributed by atoms with Gasteiger partial charge in [0.15, 0.2) is 0 Å². The number of nitrogens with zero attached hydrogens (tertiary/aromatic N) is 2. The topological polar surface area (TPSA) is 39.1 Å². The monoisotopic (exact) mass is 435 g/mol. The Morgan fingerprint density at radius 2 is 1.92 bits per heavy atom. The lowest BCUT2D eigenvalue weighted by Crippen LogP contribution is -2.16. The summed E-state index contributed by atoms with van der Waals surface area (Å²) >= 11 is 3.61. The summed E-state index contributed by atoms with van der Waals surface area (Å²) in [5.74, 6) is 0.868. The highest BCUT2D eigenvalue weighted by atomic mass is 79.9. The van der Waals surface area contributed by atoms with Crippen LogP contribution >= 0.6 is 28.3 Å². The van der Waals surface area contributed by atoms with Crippen LogP contribution in [0.1, 0.15) is 17.5 Å². The number of imidazole rings is 1. The lowest BCUT2D eigenvalue weighted by atomic mass is 10.2. The summed E-state index contributed by atoms with van der Waals surface area (Å²) in [4.78, 5) is 4.05. The molecule has 1 N–H and O–H groups in total. The SMILES string of the molecule is Brc1cc(CNCCCn2ccnc2)ccc1OCc1ccccc1.Cl. The van der Waals surface area contributed by atoms with Gasteiger partial charge in [0.2, 0.25) is 0 Å². The number of aromatic nitrogens is 2. The Bertz CT molecular complexity index is 766. The van der Waals surface area contributed by atoms with Crippen molar-refractivity contribution in [3.63, 3.8) is 0 Å². The van der Waals surface area contributed by atoms with Gasteiger partial charge in [0, 0.05) is 25.5 Å². The zero-order valence-corrected chi connectivity index (χ0v) is 16.9. The predicted molar refractivity (Wildman–Crippen MR) is 111 cm³/mol. The standard InChI is InChI=1S/C20H22BrN3O.ClH/c21-19-13-18(14-22-9-4-11-24-12-10-23-16-24)7-8-20(19)25-15-17-5-2-1-3-6-17;/h1-3,5-8,10,12-13,16,22H,4,9,11,14-15H2;1H. The van der Waals surface area contributed by atoms with Crippen LogP contribution in [-0.2, 0) is 19.7 Å². The van der Waals surface area contributed by atoms with E-state index in [1.807, 2.05) is 43.0 Å². The number of nitrogens with one attached hydrogen (secondary N) is 1. The quantitative estimate of drug-likeness (QED) is 0.489. The van der Waals surface area contributed by atoms with Gasteiger partial charge in [-0.25, -0.2) is 4.98 Å². The number of hydrogen-bond acceptors (Lipinski definition) is 3. The maximum Gasteiger partial charge on any atom is 0.134 e. The van der Waals surface area contributed by atoms with E-state index in [9.17, 15) is 0 Å². The average Bonchev–Trinajstić information content (AvgIpc) is 3.15. The molecule has 3 aromatic rings. The molecule has 4 nitrogen and oxygen atoms in total. The molecule has 0 fully saturated rings. The van der Waals surface area contributed by atoms with Crippen molar-refractivity contribution in [2.75, 3.05) is 6.54 Å². The second kappa shape index (κ2) is 11.0. The molecule has 0 atom stereocenters. The summed E-state index contributed by atoms with van der Waals surface area (Å²) < 4.78 is 8.97. The van der Waals surface area contributed by atoms with Gasteiger partial charge in [-0.05, 0) is 52.2 Å². The van der Waals surface area contributed by atoms with Crippen LogP contribution in [0.2, 0.25) is 0 Å². The van der Waals surface area contributed by atoms with Crippen LogP contribution in [0.15, 0.2) is 71.7 Å². The summed E-state index contributed by atoms with van der Waals surface area (Å²) in [5, 5.41) is 3.47. The average molecular weight is 437 g/mol. The van der Waals surface area contributed by atoms with Crippen LogP contribution in [0.3, 0.4) is 0 Å². The maximum absolute atomic E-state index is 5.89. The first-order chi connectivity index (χ1) is 12.3. The fraction of sp³-hybridized carbons (Fsp3) is 0.250. The number of ether oxygens (including phenoxy) is 1. The van der Waals surface area contributed by atoms with Crippen LogP contribution in [0, 0.1) is 0 Å². The molecule has 2 aromatic carbocycles. The lowest BCUT2D eigenvalue weighted by Gasteiger charge is -2.11. The Hall–Kier alpha value is -1.82. The fourth-order valence-corrected chi connectivity index (χ4v) is 3.09. The molecule has 0 aliphatic rings. The van der Waals surface area contributed by atoms with E-state index in [0.717, 1.165) is 41.8 Å². The van der Waals surface area contributed by atoms with Gasteiger partial charge in [-0.2, -0.15) is 0 Å². The fourth-order valence-electron chi connectivity index (χ4n) is 2.55. The van der Waals surface area contributed by atoms with E-state index in [2.05, 4.69) is 55.1 Å². The highest BCUT2D eigenvalue weighted by Crippen LogP contribution is 2.26. The van der Waals surface area contributed by atoms with Crippen molar-refractivity contribution in [1.82, 2.24) is 14.9 Å². The first-order valence-corrected chi connectivity index (χ1v) is 9.22. The third-order valence-electron chi connectivity index (χ3n) is 3.89. The molecule has 0 bridgehead atoms. The molecule has 1 heterocycles. The van der Waals surface area contributed by atoms with Gasteiger partial charge < -0.3 is 14.6 Å². The van der Waals surface area contributed by atoms with E-state index in [-0.39, 0.29) is 12.4 Å². The highest BCUT2D eigenvalue weighted by Gasteiger charge is 2.03. The zero-order chi connectivity index (χ0) is 17.3. The molecule has 0 amide bonds. The number of rotatable bonds is 9. The predicted octanol–water partition coefficient (Wildman–Crippen LogP) is 4.83. The molecule has 0 saturated heterocycles. The van der Waals surface area contributed by atoms with Crippen molar-refractivity contribution in [3.8, 4) is 5.75 Å². The minimum absolute atomic E-state index is 0. The number of hydrogen-bond donors (Lipinski definition) is 1. The molecule has 0 aliphatic heterocycles. The minimum atomic E-state index is 0. The zero-order valence-electron chi connectivity index (χ0n) is 14.5. The lowest BCUT2D eigenvalue weighted by molar-refractivity contribution is 0.304. The Morgan fingerprint density at radius 1 is 1.08 bits per heavy atom. The third-order valence-corrected chi connectivity index (χ3v) is 4.51. The van der Waals surface area contributed by atoms with Crippen molar-refractivity contribution >= 4 is 28.3 Å². The maximum atomic E-state index is 5.89. The Balaban J connectivity index is 0.00000243. The third kappa shape index (κ3) is 6.48. The van der Waals surface area contributed by atoms with Gasteiger partial charge in [-0.3, -0.25) is 0 Å². The van der Waals surface area contributed by atoms with Crippen molar-refractivity contribution in [1.29, 1.82) is 0 Å². The Morgan fingerprint density at radius 3 is 2.65 bits per heavy atom. The van der Waals surface area contributed by atoms with Crippen LogP contribution in [0.25, 0.3) is 0 Å². The number of aryl methyl sites for hydroxylation is 1. The molecule has 0 saturated carbocycles. The van der Waals surface area contributed by atoms with E-state index in [1.54, 1.807) is 0 Å². The van der Waals surface area contributed by atoms with Crippen LogP contribution in [0.4, 0.5) is 0 Å². The molecule has 26 heavy (non-hydrogen) atoms. The Labute approximate surface area is 169 Å². The summed E-state index contributed by atoms with van der Waals surface area (Å²) in [6.45, 7) is 3.39. The minimum Gasteiger partial charge on any atom is -0.488 e. The van der Waals surface area contributed by atoms with Crippen molar-refractivity contribution in [3.05, 3.63) is 82.9 Å². The van der Waals surface area contributed by atoms with Gasteiger partial charge >= 0.3 is 0 Å². The summed E-state index contributed by atoms with van der Waals surface area (Å²) in [7, 11) is 0. The molecule has 3 rings (SSSR count). The van der Waals surface area contributed by atoms with Crippen LogP contribution < -0.4 is 10.1 Å².